The number of hydrazone groups is 1. The van der Waals surface area contributed by atoms with E-state index in [0.29, 0.717) is 16.9 Å². The first-order valence-corrected chi connectivity index (χ1v) is 10.5. The highest BCUT2D eigenvalue weighted by atomic mass is 32.2. The van der Waals surface area contributed by atoms with Crippen LogP contribution in [0.25, 0.3) is 16.8 Å². The maximum atomic E-state index is 13.8. The van der Waals surface area contributed by atoms with Crippen molar-refractivity contribution in [1.29, 1.82) is 0 Å². The highest BCUT2D eigenvalue weighted by molar-refractivity contribution is 7.89. The van der Waals surface area contributed by atoms with E-state index in [0.717, 1.165) is 21.6 Å². The van der Waals surface area contributed by atoms with Gasteiger partial charge in [0.15, 0.2) is 0 Å². The minimum Gasteiger partial charge on any atom is -0.298 e. The van der Waals surface area contributed by atoms with Crippen LogP contribution in [0.15, 0.2) is 77.2 Å². The normalized spacial score (nSPS) is 12.0. The summed E-state index contributed by atoms with van der Waals surface area (Å²) in [5.41, 5.74) is 3.52. The van der Waals surface area contributed by atoms with Crippen LogP contribution >= 0.6 is 0 Å². The van der Waals surface area contributed by atoms with E-state index in [1.165, 1.54) is 25.4 Å². The van der Waals surface area contributed by atoms with Crippen molar-refractivity contribution in [3.63, 3.8) is 0 Å². The smallest absolute Gasteiger partial charge is 0.278 e. The van der Waals surface area contributed by atoms with Crippen molar-refractivity contribution >= 4 is 21.9 Å². The van der Waals surface area contributed by atoms with E-state index in [1.54, 1.807) is 29.9 Å². The fourth-order valence-electron chi connectivity index (χ4n) is 2.89. The van der Waals surface area contributed by atoms with Crippen molar-refractivity contribution < 1.29 is 12.8 Å². The number of fused-ring (bicyclic) bond motifs is 1. The molecule has 0 amide bonds. The molecule has 30 heavy (non-hydrogen) atoms. The van der Waals surface area contributed by atoms with Crippen LogP contribution in [0, 0.1) is 12.7 Å². The first-order valence-electron chi connectivity index (χ1n) is 9.03. The summed E-state index contributed by atoms with van der Waals surface area (Å²) in [5, 5.41) is 4.04. The quantitative estimate of drug-likeness (QED) is 0.364. The molecule has 0 fully saturated rings. The van der Waals surface area contributed by atoms with Gasteiger partial charge in [-0.1, -0.05) is 12.1 Å². The molecule has 9 heteroatoms. The average Bonchev–Trinajstić information content (AvgIpc) is 3.16. The number of sulfonamides is 1. The van der Waals surface area contributed by atoms with Gasteiger partial charge in [-0.3, -0.25) is 9.38 Å². The Balaban J connectivity index is 1.65. The molecule has 0 aliphatic carbocycles. The monoisotopic (exact) mass is 423 g/mol. The molecule has 0 atom stereocenters. The highest BCUT2D eigenvalue weighted by Gasteiger charge is 2.20. The Morgan fingerprint density at radius 1 is 1.13 bits per heavy atom. The van der Waals surface area contributed by atoms with Crippen molar-refractivity contribution in [1.82, 2.24) is 18.8 Å². The van der Waals surface area contributed by atoms with Gasteiger partial charge in [0.1, 0.15) is 11.5 Å². The van der Waals surface area contributed by atoms with Crippen LogP contribution in [0.5, 0.6) is 0 Å². The van der Waals surface area contributed by atoms with E-state index in [1.807, 2.05) is 30.5 Å². The highest BCUT2D eigenvalue weighted by Crippen LogP contribution is 2.20. The van der Waals surface area contributed by atoms with Gasteiger partial charge in [0.05, 0.1) is 23.0 Å². The van der Waals surface area contributed by atoms with E-state index in [2.05, 4.69) is 15.1 Å². The number of rotatable bonds is 5. The molecule has 0 aliphatic heterocycles. The van der Waals surface area contributed by atoms with Crippen LogP contribution in [0.3, 0.4) is 0 Å². The third kappa shape index (κ3) is 3.67. The summed E-state index contributed by atoms with van der Waals surface area (Å²) in [6, 6.07) is 11.4. The van der Waals surface area contributed by atoms with Crippen LogP contribution in [-0.4, -0.2) is 40.5 Å². The molecule has 4 rings (SSSR count). The summed E-state index contributed by atoms with van der Waals surface area (Å²) in [6.45, 7) is 1.57. The molecule has 152 valence electrons. The van der Waals surface area contributed by atoms with Gasteiger partial charge in [0.25, 0.3) is 10.0 Å². The standard InChI is InChI=1S/C21H18FN5O2S/c1-15-5-7-19(10-20(15)22)30(28,29)26(2)25-13-18-12-24-21-8-6-17(14-27(18)21)16-4-3-9-23-11-16/h3-14H,1-2H3. The zero-order valence-electron chi connectivity index (χ0n) is 16.3. The van der Waals surface area contributed by atoms with Crippen molar-refractivity contribution in [3.8, 4) is 11.1 Å². The van der Waals surface area contributed by atoms with Gasteiger partial charge in [-0.15, -0.1) is 0 Å². The van der Waals surface area contributed by atoms with Crippen molar-refractivity contribution in [2.45, 2.75) is 11.8 Å². The fourth-order valence-corrected chi connectivity index (χ4v) is 3.86. The Morgan fingerprint density at radius 2 is 1.97 bits per heavy atom. The Hall–Kier alpha value is -3.59. The summed E-state index contributed by atoms with van der Waals surface area (Å²) >= 11 is 0. The van der Waals surface area contributed by atoms with Crippen LogP contribution in [-0.2, 0) is 10.0 Å². The molecule has 0 saturated heterocycles. The Morgan fingerprint density at radius 3 is 2.70 bits per heavy atom. The summed E-state index contributed by atoms with van der Waals surface area (Å²) < 4.78 is 41.8. The molecular formula is C21H18FN5O2S. The molecule has 3 aromatic heterocycles. The fraction of sp³-hybridized carbons (Fsp3) is 0.0952. The third-order valence-corrected chi connectivity index (χ3v) is 6.31. The van der Waals surface area contributed by atoms with Gasteiger partial charge >= 0.3 is 0 Å². The maximum absolute atomic E-state index is 13.8. The summed E-state index contributed by atoms with van der Waals surface area (Å²) in [5.74, 6) is -0.585. The number of imidazole rings is 1. The van der Waals surface area contributed by atoms with E-state index < -0.39 is 15.8 Å². The molecule has 0 radical (unpaired) electrons. The Labute approximate surface area is 173 Å². The van der Waals surface area contributed by atoms with Crippen LogP contribution in [0.2, 0.25) is 0 Å². The predicted molar refractivity (Wildman–Crippen MR) is 112 cm³/mol. The molecule has 0 spiro atoms. The number of aryl methyl sites for hydroxylation is 1. The first kappa shape index (κ1) is 19.7. The average molecular weight is 423 g/mol. The molecule has 1 aromatic carbocycles. The number of aromatic nitrogens is 3. The predicted octanol–water partition coefficient (Wildman–Crippen LogP) is 3.50. The maximum Gasteiger partial charge on any atom is 0.278 e. The van der Waals surface area contributed by atoms with Gasteiger partial charge < -0.3 is 0 Å². The van der Waals surface area contributed by atoms with Gasteiger partial charge in [-0.2, -0.15) is 17.9 Å². The second-order valence-corrected chi connectivity index (χ2v) is 8.62. The first-order chi connectivity index (χ1) is 14.4. The van der Waals surface area contributed by atoms with Gasteiger partial charge in [0.2, 0.25) is 0 Å². The Bertz CT molecular complexity index is 1350. The van der Waals surface area contributed by atoms with E-state index >= 15 is 0 Å². The van der Waals surface area contributed by atoms with E-state index in [-0.39, 0.29) is 4.90 Å². The minimum atomic E-state index is -3.98. The lowest BCUT2D eigenvalue weighted by molar-refractivity contribution is 0.489. The summed E-state index contributed by atoms with van der Waals surface area (Å²) in [6.07, 6.45) is 8.33. The van der Waals surface area contributed by atoms with Crippen molar-refractivity contribution in [2.24, 2.45) is 5.10 Å². The number of hydrogen-bond donors (Lipinski definition) is 0. The number of benzene rings is 1. The van der Waals surface area contributed by atoms with Gasteiger partial charge in [-0.25, -0.2) is 9.37 Å². The minimum absolute atomic E-state index is 0.165. The number of hydrogen-bond acceptors (Lipinski definition) is 5. The summed E-state index contributed by atoms with van der Waals surface area (Å²) in [7, 11) is -2.68. The van der Waals surface area contributed by atoms with Crippen molar-refractivity contribution in [2.75, 3.05) is 7.05 Å². The lowest BCUT2D eigenvalue weighted by atomic mass is 10.1. The van der Waals surface area contributed by atoms with Crippen LogP contribution in [0.4, 0.5) is 4.39 Å². The van der Waals surface area contributed by atoms with Crippen LogP contribution in [0.1, 0.15) is 11.3 Å². The zero-order valence-corrected chi connectivity index (χ0v) is 17.1. The van der Waals surface area contributed by atoms with E-state index in [4.69, 9.17) is 0 Å². The molecule has 0 unspecified atom stereocenters. The zero-order chi connectivity index (χ0) is 21.3. The topological polar surface area (TPSA) is 79.9 Å². The molecule has 0 N–H and O–H groups in total. The number of pyridine rings is 2. The second-order valence-electron chi connectivity index (χ2n) is 6.67. The summed E-state index contributed by atoms with van der Waals surface area (Å²) in [4.78, 5) is 8.27. The molecule has 3 heterocycles. The SMILES string of the molecule is Cc1ccc(S(=O)(=O)N(C)N=Cc2cnc3ccc(-c4cccnc4)cn23)cc1F. The molecular weight excluding hydrogens is 405 g/mol. The van der Waals surface area contributed by atoms with Gasteiger partial charge in [-0.05, 0) is 42.8 Å². The van der Waals surface area contributed by atoms with Crippen LogP contribution < -0.4 is 0 Å². The number of nitrogens with zero attached hydrogens (tertiary/aromatic N) is 5. The molecule has 4 aromatic rings. The van der Waals surface area contributed by atoms with E-state index in [9.17, 15) is 12.8 Å². The lowest BCUT2D eigenvalue weighted by Gasteiger charge is -2.14. The largest absolute Gasteiger partial charge is 0.298 e. The molecule has 7 nitrogen and oxygen atoms in total. The van der Waals surface area contributed by atoms with Gasteiger partial charge in [0, 0.05) is 36.8 Å². The molecule has 0 aliphatic rings. The molecule has 0 saturated carbocycles. The second kappa shape index (κ2) is 7.68. The van der Waals surface area contributed by atoms with Crippen molar-refractivity contribution in [3.05, 3.63) is 84.3 Å². The third-order valence-electron chi connectivity index (χ3n) is 4.67. The number of halogens is 1. The Kier molecular flexibility index (Phi) is 5.04. The lowest BCUT2D eigenvalue weighted by Crippen LogP contribution is -2.22. The molecule has 0 bridgehead atoms.